The molecule has 3 nitrogen and oxygen atoms in total. The van der Waals surface area contributed by atoms with Crippen molar-refractivity contribution in [2.45, 2.75) is 19.3 Å². The van der Waals surface area contributed by atoms with Crippen molar-refractivity contribution in [2.24, 2.45) is 11.8 Å². The molecule has 1 atom stereocenters. The van der Waals surface area contributed by atoms with Crippen molar-refractivity contribution in [2.75, 3.05) is 19.6 Å². The lowest BCUT2D eigenvalue weighted by molar-refractivity contribution is -0.122. The number of nitrogens with one attached hydrogen (secondary N) is 2. The Morgan fingerprint density at radius 1 is 1.38 bits per heavy atom. The number of carbonyl (C=O) groups is 1. The van der Waals surface area contributed by atoms with Crippen LogP contribution in [0.1, 0.15) is 19.3 Å². The van der Waals surface area contributed by atoms with Gasteiger partial charge in [-0.2, -0.15) is 0 Å². The summed E-state index contributed by atoms with van der Waals surface area (Å²) in [5, 5.41) is 6.30. The molecule has 0 aromatic carbocycles. The summed E-state index contributed by atoms with van der Waals surface area (Å²) in [4.78, 5) is 11.2. The Morgan fingerprint density at radius 3 is 2.69 bits per heavy atom. The van der Waals surface area contributed by atoms with Crippen molar-refractivity contribution >= 4 is 18.3 Å². The Kier molecular flexibility index (Phi) is 4.00. The van der Waals surface area contributed by atoms with E-state index in [2.05, 4.69) is 10.6 Å². The van der Waals surface area contributed by atoms with Crippen molar-refractivity contribution < 1.29 is 4.79 Å². The zero-order valence-corrected chi connectivity index (χ0v) is 8.53. The molecule has 0 spiro atoms. The van der Waals surface area contributed by atoms with Gasteiger partial charge in [0.2, 0.25) is 5.91 Å². The molecule has 1 saturated heterocycles. The molecular formula is C9H17ClN2O. The first-order valence-electron chi connectivity index (χ1n) is 4.84. The van der Waals surface area contributed by atoms with Crippen molar-refractivity contribution in [3.05, 3.63) is 0 Å². The number of rotatable bonds is 3. The highest BCUT2D eigenvalue weighted by Crippen LogP contribution is 2.28. The SMILES string of the molecule is Cl.O=C(NCC1CCNC1)C1CC1. The summed E-state index contributed by atoms with van der Waals surface area (Å²) in [6, 6.07) is 0. The normalized spacial score (nSPS) is 26.6. The van der Waals surface area contributed by atoms with Crippen LogP contribution < -0.4 is 10.6 Å². The first kappa shape index (κ1) is 10.8. The summed E-state index contributed by atoms with van der Waals surface area (Å²) in [7, 11) is 0. The summed E-state index contributed by atoms with van der Waals surface area (Å²) in [5.74, 6) is 1.31. The molecule has 1 aliphatic heterocycles. The van der Waals surface area contributed by atoms with Gasteiger partial charge in [-0.15, -0.1) is 12.4 Å². The minimum Gasteiger partial charge on any atom is -0.356 e. The molecule has 2 rings (SSSR count). The predicted molar refractivity (Wildman–Crippen MR) is 54.0 cm³/mol. The maximum atomic E-state index is 11.2. The van der Waals surface area contributed by atoms with Gasteiger partial charge in [-0.05, 0) is 38.3 Å². The van der Waals surface area contributed by atoms with Crippen LogP contribution in [0.4, 0.5) is 0 Å². The average molecular weight is 205 g/mol. The molecule has 1 heterocycles. The molecule has 2 N–H and O–H groups in total. The van der Waals surface area contributed by atoms with E-state index in [1.54, 1.807) is 0 Å². The molecular weight excluding hydrogens is 188 g/mol. The zero-order chi connectivity index (χ0) is 8.39. The third kappa shape index (κ3) is 3.16. The molecule has 2 aliphatic rings. The average Bonchev–Trinajstić information content (AvgIpc) is 2.80. The number of hydrogen-bond donors (Lipinski definition) is 2. The van der Waals surface area contributed by atoms with Crippen LogP contribution in [0, 0.1) is 11.8 Å². The molecule has 0 aromatic heterocycles. The fourth-order valence-electron chi connectivity index (χ4n) is 1.62. The maximum absolute atomic E-state index is 11.2. The second-order valence-corrected chi connectivity index (χ2v) is 3.88. The smallest absolute Gasteiger partial charge is 0.223 e. The lowest BCUT2D eigenvalue weighted by atomic mass is 10.1. The molecule has 1 aliphatic carbocycles. The minimum absolute atomic E-state index is 0. The molecule has 0 bridgehead atoms. The van der Waals surface area contributed by atoms with Gasteiger partial charge >= 0.3 is 0 Å². The van der Waals surface area contributed by atoms with Crippen molar-refractivity contribution in [3.8, 4) is 0 Å². The van der Waals surface area contributed by atoms with Crippen LogP contribution in [0.25, 0.3) is 0 Å². The molecule has 1 unspecified atom stereocenters. The van der Waals surface area contributed by atoms with Gasteiger partial charge in [0, 0.05) is 12.5 Å². The fourth-order valence-corrected chi connectivity index (χ4v) is 1.62. The second kappa shape index (κ2) is 4.82. The van der Waals surface area contributed by atoms with Gasteiger partial charge in [0.15, 0.2) is 0 Å². The van der Waals surface area contributed by atoms with Gasteiger partial charge in [-0.3, -0.25) is 4.79 Å². The molecule has 1 amide bonds. The van der Waals surface area contributed by atoms with Crippen LogP contribution >= 0.6 is 12.4 Å². The molecule has 1 saturated carbocycles. The van der Waals surface area contributed by atoms with Crippen LogP contribution in [-0.2, 0) is 4.79 Å². The molecule has 2 fully saturated rings. The van der Waals surface area contributed by atoms with Crippen LogP contribution in [0.2, 0.25) is 0 Å². The van der Waals surface area contributed by atoms with Crippen molar-refractivity contribution in [1.82, 2.24) is 10.6 Å². The number of hydrogen-bond acceptors (Lipinski definition) is 2. The van der Waals surface area contributed by atoms with E-state index in [0.29, 0.717) is 11.8 Å². The van der Waals surface area contributed by atoms with E-state index >= 15 is 0 Å². The van der Waals surface area contributed by atoms with E-state index < -0.39 is 0 Å². The Balaban J connectivity index is 0.000000845. The maximum Gasteiger partial charge on any atom is 0.223 e. The van der Waals surface area contributed by atoms with Gasteiger partial charge < -0.3 is 10.6 Å². The summed E-state index contributed by atoms with van der Waals surface area (Å²) >= 11 is 0. The first-order chi connectivity index (χ1) is 5.86. The van der Waals surface area contributed by atoms with Gasteiger partial charge in [0.1, 0.15) is 0 Å². The van der Waals surface area contributed by atoms with Gasteiger partial charge in [0.25, 0.3) is 0 Å². The van der Waals surface area contributed by atoms with Crippen LogP contribution in [-0.4, -0.2) is 25.5 Å². The van der Waals surface area contributed by atoms with Crippen LogP contribution in [0.15, 0.2) is 0 Å². The monoisotopic (exact) mass is 204 g/mol. The first-order valence-corrected chi connectivity index (χ1v) is 4.84. The quantitative estimate of drug-likeness (QED) is 0.705. The molecule has 76 valence electrons. The molecule has 13 heavy (non-hydrogen) atoms. The summed E-state index contributed by atoms with van der Waals surface area (Å²) in [6.45, 7) is 3.07. The van der Waals surface area contributed by atoms with E-state index in [4.69, 9.17) is 0 Å². The molecule has 0 radical (unpaired) electrons. The topological polar surface area (TPSA) is 41.1 Å². The lowest BCUT2D eigenvalue weighted by Crippen LogP contribution is -2.31. The van der Waals surface area contributed by atoms with E-state index in [1.807, 2.05) is 0 Å². The summed E-state index contributed by atoms with van der Waals surface area (Å²) < 4.78 is 0. The van der Waals surface area contributed by atoms with Crippen molar-refractivity contribution in [1.29, 1.82) is 0 Å². The number of amides is 1. The standard InChI is InChI=1S/C9H16N2O.ClH/c12-9(8-1-2-8)11-6-7-3-4-10-5-7;/h7-8,10H,1-6H2,(H,11,12);1H. The highest BCUT2D eigenvalue weighted by Gasteiger charge is 2.29. The van der Waals surface area contributed by atoms with Crippen LogP contribution in [0.5, 0.6) is 0 Å². The second-order valence-electron chi connectivity index (χ2n) is 3.88. The predicted octanol–water partition coefficient (Wildman–Crippen LogP) is 0.544. The third-order valence-corrected chi connectivity index (χ3v) is 2.68. The van der Waals surface area contributed by atoms with E-state index in [0.717, 1.165) is 32.5 Å². The van der Waals surface area contributed by atoms with E-state index in [-0.39, 0.29) is 18.3 Å². The van der Waals surface area contributed by atoms with E-state index in [1.165, 1.54) is 6.42 Å². The Morgan fingerprint density at radius 2 is 2.15 bits per heavy atom. The van der Waals surface area contributed by atoms with Gasteiger partial charge in [-0.25, -0.2) is 0 Å². The Labute approximate surface area is 85.1 Å². The van der Waals surface area contributed by atoms with Crippen LogP contribution in [0.3, 0.4) is 0 Å². The highest BCUT2D eigenvalue weighted by atomic mass is 35.5. The zero-order valence-electron chi connectivity index (χ0n) is 7.71. The third-order valence-electron chi connectivity index (χ3n) is 2.68. The Bertz CT molecular complexity index is 176. The fraction of sp³-hybridized carbons (Fsp3) is 0.889. The van der Waals surface area contributed by atoms with Gasteiger partial charge in [0.05, 0.1) is 0 Å². The Hall–Kier alpha value is -0.280. The van der Waals surface area contributed by atoms with Crippen molar-refractivity contribution in [3.63, 3.8) is 0 Å². The summed E-state index contributed by atoms with van der Waals surface area (Å²) in [5.41, 5.74) is 0. The summed E-state index contributed by atoms with van der Waals surface area (Å²) in [6.07, 6.45) is 3.43. The highest BCUT2D eigenvalue weighted by molar-refractivity contribution is 5.85. The van der Waals surface area contributed by atoms with Gasteiger partial charge in [-0.1, -0.05) is 0 Å². The number of carbonyl (C=O) groups excluding carboxylic acids is 1. The lowest BCUT2D eigenvalue weighted by Gasteiger charge is -2.08. The van der Waals surface area contributed by atoms with E-state index in [9.17, 15) is 4.79 Å². The minimum atomic E-state index is 0. The number of halogens is 1. The molecule has 0 aromatic rings. The molecule has 4 heteroatoms. The largest absolute Gasteiger partial charge is 0.356 e.